The third-order valence-electron chi connectivity index (χ3n) is 3.59. The van der Waals surface area contributed by atoms with Gasteiger partial charge in [0.15, 0.2) is 22.6 Å². The highest BCUT2D eigenvalue weighted by atomic mass is 35.5. The number of rotatable bonds is 7. The molecule has 0 bridgehead atoms. The fraction of sp³-hybridized carbons (Fsp3) is 0.312. The standard InChI is InChI=1S/C16H19ClN6O2S/c1-8(6-24)19-13-12-14(21-15(18)20-12)23-16(22-13)26-7-9-3-4-11(25-2)10(17)5-9/h3-5,8,24H,6-7H2,1-2H3,(H4,18,19,20,21,22,23)/t8-/m1/s1. The highest BCUT2D eigenvalue weighted by molar-refractivity contribution is 7.98. The molecule has 3 rings (SSSR count). The third kappa shape index (κ3) is 4.12. The van der Waals surface area contributed by atoms with Crippen molar-refractivity contribution in [1.82, 2.24) is 19.9 Å². The fourth-order valence-corrected chi connectivity index (χ4v) is 3.35. The molecule has 0 unspecified atom stereocenters. The van der Waals surface area contributed by atoms with Crippen molar-refractivity contribution in [2.45, 2.75) is 23.9 Å². The summed E-state index contributed by atoms with van der Waals surface area (Å²) in [5.41, 5.74) is 7.84. The number of imidazole rings is 1. The number of methoxy groups -OCH3 is 1. The van der Waals surface area contributed by atoms with E-state index in [2.05, 4.69) is 25.3 Å². The predicted molar refractivity (Wildman–Crippen MR) is 104 cm³/mol. The number of nitrogen functional groups attached to an aromatic ring is 1. The molecule has 3 aromatic rings. The molecular formula is C16H19ClN6O2S. The Morgan fingerprint density at radius 1 is 1.38 bits per heavy atom. The monoisotopic (exact) mass is 394 g/mol. The van der Waals surface area contributed by atoms with Gasteiger partial charge in [0.05, 0.1) is 18.7 Å². The van der Waals surface area contributed by atoms with Crippen molar-refractivity contribution in [2.24, 2.45) is 0 Å². The number of thioether (sulfide) groups is 1. The molecule has 0 fully saturated rings. The molecule has 2 heterocycles. The molecule has 0 radical (unpaired) electrons. The van der Waals surface area contributed by atoms with Gasteiger partial charge in [-0.2, -0.15) is 4.98 Å². The second-order valence-corrected chi connectivity index (χ2v) is 7.01. The Kier molecular flexibility index (Phi) is 5.70. The topological polar surface area (TPSA) is 122 Å². The van der Waals surface area contributed by atoms with Crippen LogP contribution in [0.3, 0.4) is 0 Å². The van der Waals surface area contributed by atoms with Crippen LogP contribution in [0.2, 0.25) is 5.02 Å². The summed E-state index contributed by atoms with van der Waals surface area (Å²) in [6.45, 7) is 1.82. The van der Waals surface area contributed by atoms with Crippen LogP contribution in [0.25, 0.3) is 11.2 Å². The smallest absolute Gasteiger partial charge is 0.200 e. The third-order valence-corrected chi connectivity index (χ3v) is 4.80. The molecule has 0 aliphatic heterocycles. The van der Waals surface area contributed by atoms with Gasteiger partial charge in [-0.25, -0.2) is 9.97 Å². The fourth-order valence-electron chi connectivity index (χ4n) is 2.29. The van der Waals surface area contributed by atoms with Crippen LogP contribution >= 0.6 is 23.4 Å². The first kappa shape index (κ1) is 18.6. The second-order valence-electron chi connectivity index (χ2n) is 5.66. The Morgan fingerprint density at radius 2 is 2.19 bits per heavy atom. The normalized spacial score (nSPS) is 12.3. The quantitative estimate of drug-likeness (QED) is 0.356. The van der Waals surface area contributed by atoms with Crippen LogP contribution in [0.1, 0.15) is 12.5 Å². The zero-order valence-corrected chi connectivity index (χ0v) is 15.9. The number of hydrogen-bond acceptors (Lipinski definition) is 8. The Balaban J connectivity index is 1.84. The summed E-state index contributed by atoms with van der Waals surface area (Å²) in [7, 11) is 1.58. The lowest BCUT2D eigenvalue weighted by Gasteiger charge is -2.12. The molecule has 0 aliphatic carbocycles. The van der Waals surface area contributed by atoms with E-state index in [4.69, 9.17) is 22.1 Å². The number of aromatic amines is 1. The predicted octanol–water partition coefficient (Wildman–Crippen LogP) is 2.68. The average molecular weight is 395 g/mol. The molecule has 0 spiro atoms. The van der Waals surface area contributed by atoms with E-state index in [-0.39, 0.29) is 18.6 Å². The molecule has 0 aliphatic rings. The summed E-state index contributed by atoms with van der Waals surface area (Å²) in [6.07, 6.45) is 0. The van der Waals surface area contributed by atoms with Gasteiger partial charge in [-0.15, -0.1) is 0 Å². The molecule has 138 valence electrons. The maximum Gasteiger partial charge on any atom is 0.200 e. The molecule has 1 atom stereocenters. The summed E-state index contributed by atoms with van der Waals surface area (Å²) in [6, 6.07) is 5.45. The van der Waals surface area contributed by atoms with Gasteiger partial charge in [0, 0.05) is 11.8 Å². The van der Waals surface area contributed by atoms with E-state index in [1.807, 2.05) is 25.1 Å². The highest BCUT2D eigenvalue weighted by Gasteiger charge is 2.14. The van der Waals surface area contributed by atoms with E-state index in [1.165, 1.54) is 11.8 Å². The maximum atomic E-state index is 9.28. The van der Waals surface area contributed by atoms with Crippen molar-refractivity contribution in [3.63, 3.8) is 0 Å². The van der Waals surface area contributed by atoms with Gasteiger partial charge in [-0.1, -0.05) is 29.4 Å². The van der Waals surface area contributed by atoms with E-state index in [9.17, 15) is 5.11 Å². The SMILES string of the molecule is COc1ccc(CSc2nc(N[C@H](C)CO)c3[nH]c(N)nc3n2)cc1Cl. The number of nitrogens with one attached hydrogen (secondary N) is 2. The highest BCUT2D eigenvalue weighted by Crippen LogP contribution is 2.29. The van der Waals surface area contributed by atoms with E-state index >= 15 is 0 Å². The molecule has 26 heavy (non-hydrogen) atoms. The van der Waals surface area contributed by atoms with E-state index in [0.717, 1.165) is 5.56 Å². The number of nitrogens with two attached hydrogens (primary N) is 1. The summed E-state index contributed by atoms with van der Waals surface area (Å²) in [5, 5.41) is 13.5. The molecule has 5 N–H and O–H groups in total. The van der Waals surface area contributed by atoms with Crippen molar-refractivity contribution in [1.29, 1.82) is 0 Å². The van der Waals surface area contributed by atoms with Crippen molar-refractivity contribution in [3.05, 3.63) is 28.8 Å². The molecule has 1 aromatic carbocycles. The van der Waals surface area contributed by atoms with E-state index in [1.54, 1.807) is 7.11 Å². The lowest BCUT2D eigenvalue weighted by molar-refractivity contribution is 0.281. The molecule has 8 nitrogen and oxygen atoms in total. The maximum absolute atomic E-state index is 9.28. The van der Waals surface area contributed by atoms with Gasteiger partial charge >= 0.3 is 0 Å². The first-order valence-electron chi connectivity index (χ1n) is 7.86. The van der Waals surface area contributed by atoms with Gasteiger partial charge < -0.3 is 25.9 Å². The van der Waals surface area contributed by atoms with Crippen LogP contribution < -0.4 is 15.8 Å². The van der Waals surface area contributed by atoms with Crippen molar-refractivity contribution < 1.29 is 9.84 Å². The number of halogens is 1. The molecule has 10 heteroatoms. The number of aromatic nitrogens is 4. The first-order chi connectivity index (χ1) is 12.5. The average Bonchev–Trinajstić information content (AvgIpc) is 3.00. The van der Waals surface area contributed by atoms with Crippen LogP contribution in [0.15, 0.2) is 23.4 Å². The second kappa shape index (κ2) is 7.98. The van der Waals surface area contributed by atoms with Crippen LogP contribution in [0.4, 0.5) is 11.8 Å². The number of hydrogen-bond donors (Lipinski definition) is 4. The number of aliphatic hydroxyl groups excluding tert-OH is 1. The number of H-pyrrole nitrogens is 1. The Bertz CT molecular complexity index is 919. The molecule has 2 aromatic heterocycles. The first-order valence-corrected chi connectivity index (χ1v) is 9.22. The van der Waals surface area contributed by atoms with E-state index in [0.29, 0.717) is 38.7 Å². The number of ether oxygens (including phenoxy) is 1. The summed E-state index contributed by atoms with van der Waals surface area (Å²) in [4.78, 5) is 16.1. The van der Waals surface area contributed by atoms with Crippen LogP contribution in [0, 0.1) is 0 Å². The summed E-state index contributed by atoms with van der Waals surface area (Å²) in [5.74, 6) is 2.08. The zero-order valence-electron chi connectivity index (χ0n) is 14.3. The Hall–Kier alpha value is -2.23. The van der Waals surface area contributed by atoms with Crippen molar-refractivity contribution in [3.8, 4) is 5.75 Å². The number of aliphatic hydroxyl groups is 1. The number of benzene rings is 1. The molecule has 0 saturated heterocycles. The summed E-state index contributed by atoms with van der Waals surface area (Å²) < 4.78 is 5.16. The van der Waals surface area contributed by atoms with Crippen molar-refractivity contribution in [2.75, 3.05) is 24.8 Å². The number of anilines is 2. The molecule has 0 saturated carbocycles. The largest absolute Gasteiger partial charge is 0.495 e. The van der Waals surface area contributed by atoms with Gasteiger partial charge in [0.1, 0.15) is 11.3 Å². The molecule has 0 amide bonds. The van der Waals surface area contributed by atoms with Gasteiger partial charge in [0.25, 0.3) is 0 Å². The van der Waals surface area contributed by atoms with Crippen LogP contribution in [0.5, 0.6) is 5.75 Å². The van der Waals surface area contributed by atoms with Gasteiger partial charge in [-0.3, -0.25) is 0 Å². The zero-order chi connectivity index (χ0) is 18.7. The van der Waals surface area contributed by atoms with Gasteiger partial charge in [-0.05, 0) is 24.6 Å². The van der Waals surface area contributed by atoms with Crippen LogP contribution in [-0.4, -0.2) is 44.8 Å². The minimum absolute atomic E-state index is 0.0259. The Morgan fingerprint density at radius 3 is 2.88 bits per heavy atom. The number of fused-ring (bicyclic) bond motifs is 1. The Labute approximate surface area is 159 Å². The van der Waals surface area contributed by atoms with Crippen LogP contribution in [-0.2, 0) is 5.75 Å². The van der Waals surface area contributed by atoms with E-state index < -0.39 is 0 Å². The lowest BCUT2D eigenvalue weighted by Crippen LogP contribution is -2.20. The minimum Gasteiger partial charge on any atom is -0.495 e. The lowest BCUT2D eigenvalue weighted by atomic mass is 10.2. The van der Waals surface area contributed by atoms with Gasteiger partial charge in [0.2, 0.25) is 0 Å². The minimum atomic E-state index is -0.170. The number of nitrogens with zero attached hydrogens (tertiary/aromatic N) is 3. The summed E-state index contributed by atoms with van der Waals surface area (Å²) >= 11 is 7.61. The molecular weight excluding hydrogens is 376 g/mol. The van der Waals surface area contributed by atoms with Crippen molar-refractivity contribution >= 4 is 46.3 Å².